The Hall–Kier alpha value is -1.45. The zero-order valence-electron chi connectivity index (χ0n) is 12.0. The summed E-state index contributed by atoms with van der Waals surface area (Å²) in [5, 5.41) is 5.95. The van der Waals surface area contributed by atoms with Crippen molar-refractivity contribution >= 4 is 10.8 Å². The van der Waals surface area contributed by atoms with Crippen LogP contribution in [0.3, 0.4) is 0 Å². The first-order valence-corrected chi connectivity index (χ1v) is 7.50. The molecule has 1 aliphatic heterocycles. The van der Waals surface area contributed by atoms with Crippen molar-refractivity contribution in [1.82, 2.24) is 10.3 Å². The fraction of sp³-hybridized carbons (Fsp3) is 0.471. The summed E-state index contributed by atoms with van der Waals surface area (Å²) in [7, 11) is 2.04. The minimum Gasteiger partial charge on any atom is -0.378 e. The molecule has 1 saturated heterocycles. The molecular weight excluding hydrogens is 248 g/mol. The monoisotopic (exact) mass is 270 g/mol. The number of hydrogen-bond acceptors (Lipinski definition) is 3. The highest BCUT2D eigenvalue weighted by atomic mass is 16.5. The number of fused-ring (bicyclic) bond motifs is 1. The van der Waals surface area contributed by atoms with E-state index in [1.165, 1.54) is 35.6 Å². The average molecular weight is 270 g/mol. The van der Waals surface area contributed by atoms with Crippen LogP contribution in [0.15, 0.2) is 36.7 Å². The maximum atomic E-state index is 5.89. The topological polar surface area (TPSA) is 34.1 Å². The van der Waals surface area contributed by atoms with Gasteiger partial charge in [-0.2, -0.15) is 0 Å². The van der Waals surface area contributed by atoms with Crippen molar-refractivity contribution in [3.05, 3.63) is 42.2 Å². The van der Waals surface area contributed by atoms with Gasteiger partial charge in [0.15, 0.2) is 0 Å². The molecule has 1 aromatic heterocycles. The molecule has 106 valence electrons. The van der Waals surface area contributed by atoms with Crippen LogP contribution >= 0.6 is 0 Å². The molecule has 1 aromatic carbocycles. The molecule has 1 fully saturated rings. The molecule has 2 atom stereocenters. The third-order valence-corrected chi connectivity index (χ3v) is 4.21. The Bertz CT molecular complexity index is 558. The van der Waals surface area contributed by atoms with Gasteiger partial charge in [0.2, 0.25) is 0 Å². The Kier molecular flexibility index (Phi) is 4.28. The van der Waals surface area contributed by atoms with Crippen molar-refractivity contribution in [2.24, 2.45) is 0 Å². The highest BCUT2D eigenvalue weighted by molar-refractivity contribution is 5.85. The third kappa shape index (κ3) is 2.84. The van der Waals surface area contributed by atoms with E-state index in [-0.39, 0.29) is 0 Å². The molecular formula is C17H22N2O. The zero-order chi connectivity index (χ0) is 13.8. The summed E-state index contributed by atoms with van der Waals surface area (Å²) in [6.45, 7) is 0.917. The molecule has 2 unspecified atom stereocenters. The number of nitrogens with one attached hydrogen (secondary N) is 1. The van der Waals surface area contributed by atoms with Crippen LogP contribution in [0.5, 0.6) is 0 Å². The van der Waals surface area contributed by atoms with Crippen LogP contribution in [-0.2, 0) is 4.74 Å². The van der Waals surface area contributed by atoms with E-state index in [0.29, 0.717) is 12.1 Å². The molecule has 2 heterocycles. The van der Waals surface area contributed by atoms with Crippen LogP contribution in [0, 0.1) is 0 Å². The number of pyridine rings is 1. The Labute approximate surface area is 120 Å². The molecule has 0 radical (unpaired) electrons. The number of aromatic nitrogens is 1. The van der Waals surface area contributed by atoms with E-state index in [0.717, 1.165) is 13.0 Å². The predicted molar refractivity (Wildman–Crippen MR) is 81.8 cm³/mol. The molecule has 3 nitrogen and oxygen atoms in total. The van der Waals surface area contributed by atoms with Gasteiger partial charge in [-0.15, -0.1) is 0 Å². The lowest BCUT2D eigenvalue weighted by Crippen LogP contribution is -2.27. The summed E-state index contributed by atoms with van der Waals surface area (Å²) >= 11 is 0. The number of ether oxygens (including phenoxy) is 1. The van der Waals surface area contributed by atoms with Gasteiger partial charge in [-0.1, -0.05) is 18.2 Å². The van der Waals surface area contributed by atoms with Crippen molar-refractivity contribution in [3.63, 3.8) is 0 Å². The largest absolute Gasteiger partial charge is 0.378 e. The van der Waals surface area contributed by atoms with Crippen molar-refractivity contribution in [2.45, 2.75) is 37.8 Å². The molecule has 1 N–H and O–H groups in total. The number of hydrogen-bond donors (Lipinski definition) is 1. The van der Waals surface area contributed by atoms with Crippen LogP contribution in [0.1, 0.15) is 37.3 Å². The Morgan fingerprint density at radius 3 is 3.10 bits per heavy atom. The molecule has 3 heteroatoms. The minimum atomic E-state index is 0.337. The van der Waals surface area contributed by atoms with Gasteiger partial charge >= 0.3 is 0 Å². The van der Waals surface area contributed by atoms with Gasteiger partial charge < -0.3 is 10.1 Å². The average Bonchev–Trinajstić information content (AvgIpc) is 2.53. The first kappa shape index (κ1) is 13.5. The molecule has 0 spiro atoms. The first-order chi connectivity index (χ1) is 9.88. The summed E-state index contributed by atoms with van der Waals surface area (Å²) in [5.41, 5.74) is 1.35. The second-order valence-electron chi connectivity index (χ2n) is 5.51. The molecule has 0 bridgehead atoms. The van der Waals surface area contributed by atoms with Crippen LogP contribution in [0.25, 0.3) is 10.8 Å². The van der Waals surface area contributed by atoms with Crippen LogP contribution in [0.4, 0.5) is 0 Å². The third-order valence-electron chi connectivity index (χ3n) is 4.21. The molecule has 3 rings (SSSR count). The summed E-state index contributed by atoms with van der Waals surface area (Å²) in [5.74, 6) is 0. The summed E-state index contributed by atoms with van der Waals surface area (Å²) < 4.78 is 5.89. The van der Waals surface area contributed by atoms with E-state index < -0.39 is 0 Å². The van der Waals surface area contributed by atoms with Crippen LogP contribution in [0.2, 0.25) is 0 Å². The summed E-state index contributed by atoms with van der Waals surface area (Å²) in [6, 6.07) is 8.90. The lowest BCUT2D eigenvalue weighted by atomic mass is 9.93. The van der Waals surface area contributed by atoms with Crippen molar-refractivity contribution in [2.75, 3.05) is 13.7 Å². The second-order valence-corrected chi connectivity index (χ2v) is 5.51. The standard InChI is InChI=1S/C17H22N2O/c1-18-17(11-14-6-2-3-10-20-14)16-7-4-5-13-12-19-9-8-15(13)16/h4-5,7-9,12,14,17-18H,2-3,6,10-11H2,1H3. The van der Waals surface area contributed by atoms with Gasteiger partial charge in [0.25, 0.3) is 0 Å². The zero-order valence-corrected chi connectivity index (χ0v) is 12.0. The lowest BCUT2D eigenvalue weighted by Gasteiger charge is -2.27. The van der Waals surface area contributed by atoms with E-state index >= 15 is 0 Å². The van der Waals surface area contributed by atoms with Gasteiger partial charge in [0.05, 0.1) is 6.10 Å². The van der Waals surface area contributed by atoms with E-state index in [4.69, 9.17) is 4.74 Å². The van der Waals surface area contributed by atoms with Crippen molar-refractivity contribution in [3.8, 4) is 0 Å². The Morgan fingerprint density at radius 1 is 1.35 bits per heavy atom. The minimum absolute atomic E-state index is 0.337. The van der Waals surface area contributed by atoms with Gasteiger partial charge in [-0.05, 0) is 49.7 Å². The Balaban J connectivity index is 1.86. The molecule has 1 aliphatic rings. The van der Waals surface area contributed by atoms with Gasteiger partial charge in [-0.25, -0.2) is 0 Å². The highest BCUT2D eigenvalue weighted by Crippen LogP contribution is 2.29. The van der Waals surface area contributed by atoms with Gasteiger partial charge in [0, 0.05) is 30.4 Å². The number of nitrogens with zero attached hydrogens (tertiary/aromatic N) is 1. The highest BCUT2D eigenvalue weighted by Gasteiger charge is 2.20. The number of rotatable bonds is 4. The molecule has 0 amide bonds. The normalized spacial score (nSPS) is 20.9. The van der Waals surface area contributed by atoms with Gasteiger partial charge in [0.1, 0.15) is 0 Å². The SMILES string of the molecule is CNC(CC1CCCCO1)c1cccc2cnccc12. The first-order valence-electron chi connectivity index (χ1n) is 7.50. The van der Waals surface area contributed by atoms with Crippen molar-refractivity contribution in [1.29, 1.82) is 0 Å². The molecule has 2 aromatic rings. The lowest BCUT2D eigenvalue weighted by molar-refractivity contribution is 0.00556. The van der Waals surface area contributed by atoms with E-state index in [1.54, 1.807) is 0 Å². The quantitative estimate of drug-likeness (QED) is 0.924. The molecule has 0 aliphatic carbocycles. The predicted octanol–water partition coefficient (Wildman–Crippen LogP) is 3.45. The van der Waals surface area contributed by atoms with Crippen LogP contribution < -0.4 is 5.32 Å². The fourth-order valence-corrected chi connectivity index (χ4v) is 3.11. The van der Waals surface area contributed by atoms with E-state index in [2.05, 4.69) is 34.6 Å². The van der Waals surface area contributed by atoms with Crippen LogP contribution in [-0.4, -0.2) is 24.7 Å². The van der Waals surface area contributed by atoms with E-state index in [9.17, 15) is 0 Å². The van der Waals surface area contributed by atoms with E-state index in [1.807, 2.05) is 19.4 Å². The number of benzene rings is 1. The van der Waals surface area contributed by atoms with Crippen molar-refractivity contribution < 1.29 is 4.74 Å². The van der Waals surface area contributed by atoms with Gasteiger partial charge in [-0.3, -0.25) is 4.98 Å². The maximum Gasteiger partial charge on any atom is 0.0593 e. The summed E-state index contributed by atoms with van der Waals surface area (Å²) in [6.07, 6.45) is 8.92. The summed E-state index contributed by atoms with van der Waals surface area (Å²) in [4.78, 5) is 4.21. The maximum absolute atomic E-state index is 5.89. The Morgan fingerprint density at radius 2 is 2.30 bits per heavy atom. The molecule has 20 heavy (non-hydrogen) atoms. The smallest absolute Gasteiger partial charge is 0.0593 e. The fourth-order valence-electron chi connectivity index (χ4n) is 3.11. The second kappa shape index (κ2) is 6.33. The molecule has 0 saturated carbocycles.